The zero-order valence-electron chi connectivity index (χ0n) is 16.5. The molecule has 3 aromatic rings. The predicted octanol–water partition coefficient (Wildman–Crippen LogP) is 4.20. The number of hydrogen-bond donors (Lipinski definition) is 2. The Kier molecular flexibility index (Phi) is 8.13. The summed E-state index contributed by atoms with van der Waals surface area (Å²) < 4.78 is 6.18. The van der Waals surface area contributed by atoms with Crippen LogP contribution in [0.15, 0.2) is 82.4 Å². The van der Waals surface area contributed by atoms with Crippen molar-refractivity contribution in [2.24, 2.45) is 5.10 Å². The molecular weight excluding hydrogens is 498 g/mol. The van der Waals surface area contributed by atoms with E-state index in [1.54, 1.807) is 66.7 Å². The van der Waals surface area contributed by atoms with E-state index >= 15 is 0 Å². The fourth-order valence-electron chi connectivity index (χ4n) is 2.55. The van der Waals surface area contributed by atoms with Gasteiger partial charge in [-0.25, -0.2) is 10.2 Å². The monoisotopic (exact) mass is 513 g/mol. The van der Waals surface area contributed by atoms with E-state index in [1.165, 1.54) is 12.3 Å². The van der Waals surface area contributed by atoms with E-state index in [0.29, 0.717) is 21.7 Å². The van der Waals surface area contributed by atoms with E-state index in [0.717, 1.165) is 4.47 Å². The van der Waals surface area contributed by atoms with E-state index in [4.69, 9.17) is 16.3 Å². The number of hydrazone groups is 1. The number of amides is 2. The Bertz CT molecular complexity index is 1170. The standard InChI is InChI=1S/C23H17BrClN3O4/c24-18-9-10-20(32-23(31)15-5-2-1-3-6-15)17(11-18)13-27-28-21(29)14-26-22(30)16-7-4-8-19(25)12-16/h1-13H,14H2,(H,26,30)(H,28,29). The van der Waals surface area contributed by atoms with Crippen molar-refractivity contribution < 1.29 is 19.1 Å². The van der Waals surface area contributed by atoms with Gasteiger partial charge >= 0.3 is 5.97 Å². The Balaban J connectivity index is 1.58. The lowest BCUT2D eigenvalue weighted by Gasteiger charge is -2.08. The number of rotatable bonds is 7. The van der Waals surface area contributed by atoms with Gasteiger partial charge in [0.2, 0.25) is 0 Å². The number of esters is 1. The molecule has 0 fully saturated rings. The molecule has 0 aromatic heterocycles. The van der Waals surface area contributed by atoms with Crippen molar-refractivity contribution in [1.82, 2.24) is 10.7 Å². The molecule has 2 amide bonds. The molecule has 3 rings (SSSR count). The van der Waals surface area contributed by atoms with Gasteiger partial charge in [-0.2, -0.15) is 5.10 Å². The summed E-state index contributed by atoms with van der Waals surface area (Å²) in [5.41, 5.74) is 3.52. The maximum Gasteiger partial charge on any atom is 0.343 e. The third-order valence-corrected chi connectivity index (χ3v) is 4.80. The quantitative estimate of drug-likeness (QED) is 0.214. The van der Waals surface area contributed by atoms with Gasteiger partial charge in [-0.15, -0.1) is 0 Å². The molecule has 0 saturated heterocycles. The SMILES string of the molecule is O=C(CNC(=O)c1cccc(Cl)c1)NN=Cc1cc(Br)ccc1OC(=O)c1ccccc1. The van der Waals surface area contributed by atoms with E-state index in [2.05, 4.69) is 31.8 Å². The van der Waals surface area contributed by atoms with Crippen molar-refractivity contribution in [2.45, 2.75) is 0 Å². The molecule has 0 aliphatic carbocycles. The summed E-state index contributed by atoms with van der Waals surface area (Å²) in [4.78, 5) is 36.4. The van der Waals surface area contributed by atoms with E-state index < -0.39 is 17.8 Å². The van der Waals surface area contributed by atoms with Crippen LogP contribution in [0.4, 0.5) is 0 Å². The maximum atomic E-state index is 12.3. The number of carbonyl (C=O) groups is 3. The molecule has 2 N–H and O–H groups in total. The van der Waals surface area contributed by atoms with Crippen molar-refractivity contribution in [3.8, 4) is 5.75 Å². The third-order valence-electron chi connectivity index (χ3n) is 4.07. The topological polar surface area (TPSA) is 96.9 Å². The molecule has 3 aromatic carbocycles. The summed E-state index contributed by atoms with van der Waals surface area (Å²) in [5.74, 6) is -1.21. The summed E-state index contributed by atoms with van der Waals surface area (Å²) in [6.07, 6.45) is 1.34. The summed E-state index contributed by atoms with van der Waals surface area (Å²) in [6.45, 7) is -0.281. The first-order valence-corrected chi connectivity index (χ1v) is 10.5. The van der Waals surface area contributed by atoms with Gasteiger partial charge in [-0.1, -0.05) is 51.8 Å². The lowest BCUT2D eigenvalue weighted by molar-refractivity contribution is -0.120. The molecule has 0 radical (unpaired) electrons. The largest absolute Gasteiger partial charge is 0.422 e. The minimum atomic E-state index is -0.533. The van der Waals surface area contributed by atoms with Crippen LogP contribution in [-0.2, 0) is 4.79 Å². The average molecular weight is 515 g/mol. The van der Waals surface area contributed by atoms with Gasteiger partial charge in [0.25, 0.3) is 11.8 Å². The summed E-state index contributed by atoms with van der Waals surface area (Å²) in [5, 5.41) is 6.78. The molecule has 0 unspecified atom stereocenters. The van der Waals surface area contributed by atoms with Crippen molar-refractivity contribution in [1.29, 1.82) is 0 Å². The van der Waals surface area contributed by atoms with Crippen molar-refractivity contribution in [3.63, 3.8) is 0 Å². The van der Waals surface area contributed by atoms with Crippen LogP contribution in [-0.4, -0.2) is 30.5 Å². The van der Waals surface area contributed by atoms with Gasteiger partial charge in [0, 0.05) is 20.6 Å². The van der Waals surface area contributed by atoms with Crippen LogP contribution < -0.4 is 15.5 Å². The van der Waals surface area contributed by atoms with Crippen molar-refractivity contribution in [2.75, 3.05) is 6.54 Å². The fraction of sp³-hybridized carbons (Fsp3) is 0.0435. The second kappa shape index (κ2) is 11.2. The number of nitrogens with one attached hydrogen (secondary N) is 2. The highest BCUT2D eigenvalue weighted by atomic mass is 79.9. The molecule has 0 aliphatic rings. The molecule has 0 saturated carbocycles. The van der Waals surface area contributed by atoms with Crippen molar-refractivity contribution >= 4 is 51.5 Å². The minimum Gasteiger partial charge on any atom is -0.422 e. The van der Waals surface area contributed by atoms with E-state index in [9.17, 15) is 14.4 Å². The number of carbonyl (C=O) groups excluding carboxylic acids is 3. The second-order valence-corrected chi connectivity index (χ2v) is 7.78. The highest BCUT2D eigenvalue weighted by Gasteiger charge is 2.12. The first-order valence-electron chi connectivity index (χ1n) is 9.35. The molecule has 0 aliphatic heterocycles. The van der Waals surface area contributed by atoms with Crippen LogP contribution >= 0.6 is 27.5 Å². The number of hydrogen-bond acceptors (Lipinski definition) is 5. The third kappa shape index (κ3) is 6.76. The highest BCUT2D eigenvalue weighted by Crippen LogP contribution is 2.23. The Morgan fingerprint density at radius 3 is 2.47 bits per heavy atom. The summed E-state index contributed by atoms with van der Waals surface area (Å²) in [6, 6.07) is 19.9. The molecule has 9 heteroatoms. The summed E-state index contributed by atoms with van der Waals surface area (Å²) in [7, 11) is 0. The minimum absolute atomic E-state index is 0.273. The molecule has 0 bridgehead atoms. The Labute approximate surface area is 197 Å². The Morgan fingerprint density at radius 1 is 0.969 bits per heavy atom. The predicted molar refractivity (Wildman–Crippen MR) is 125 cm³/mol. The number of nitrogens with zero attached hydrogens (tertiary/aromatic N) is 1. The van der Waals surface area contributed by atoms with Crippen LogP contribution in [0.25, 0.3) is 0 Å². The molecule has 7 nitrogen and oxygen atoms in total. The number of halogens is 2. The smallest absolute Gasteiger partial charge is 0.343 e. The van der Waals surface area contributed by atoms with Crippen LogP contribution in [0.2, 0.25) is 5.02 Å². The fourth-order valence-corrected chi connectivity index (χ4v) is 3.12. The van der Waals surface area contributed by atoms with Crippen LogP contribution in [0.3, 0.4) is 0 Å². The molecule has 32 heavy (non-hydrogen) atoms. The highest BCUT2D eigenvalue weighted by molar-refractivity contribution is 9.10. The summed E-state index contributed by atoms with van der Waals surface area (Å²) >= 11 is 9.21. The zero-order chi connectivity index (χ0) is 22.9. The molecule has 0 spiro atoms. The van der Waals surface area contributed by atoms with Crippen molar-refractivity contribution in [3.05, 3.63) is 99.0 Å². The van der Waals surface area contributed by atoms with Crippen LogP contribution in [0, 0.1) is 0 Å². The Hall–Kier alpha value is -3.49. The van der Waals surface area contributed by atoms with E-state index in [-0.39, 0.29) is 12.3 Å². The van der Waals surface area contributed by atoms with Gasteiger partial charge in [0.05, 0.1) is 18.3 Å². The van der Waals surface area contributed by atoms with Gasteiger partial charge in [-0.3, -0.25) is 9.59 Å². The van der Waals surface area contributed by atoms with Gasteiger partial charge in [0.15, 0.2) is 0 Å². The maximum absolute atomic E-state index is 12.3. The van der Waals surface area contributed by atoms with Gasteiger partial charge < -0.3 is 10.1 Å². The number of benzene rings is 3. The molecule has 0 atom stereocenters. The molecular formula is C23H17BrClN3O4. The number of ether oxygens (including phenoxy) is 1. The first kappa shape index (κ1) is 23.2. The van der Waals surface area contributed by atoms with Gasteiger partial charge in [-0.05, 0) is 48.5 Å². The average Bonchev–Trinajstić information content (AvgIpc) is 2.79. The zero-order valence-corrected chi connectivity index (χ0v) is 18.9. The Morgan fingerprint density at radius 2 is 1.72 bits per heavy atom. The van der Waals surface area contributed by atoms with Crippen LogP contribution in [0.1, 0.15) is 26.3 Å². The first-order chi connectivity index (χ1) is 15.4. The van der Waals surface area contributed by atoms with Crippen LogP contribution in [0.5, 0.6) is 5.75 Å². The molecule has 0 heterocycles. The lowest BCUT2D eigenvalue weighted by Crippen LogP contribution is -2.34. The molecule has 162 valence electrons. The van der Waals surface area contributed by atoms with Gasteiger partial charge in [0.1, 0.15) is 5.75 Å². The lowest BCUT2D eigenvalue weighted by atomic mass is 10.2. The second-order valence-electron chi connectivity index (χ2n) is 6.42. The van der Waals surface area contributed by atoms with E-state index in [1.807, 2.05) is 0 Å². The normalized spacial score (nSPS) is 10.6.